The Morgan fingerprint density at radius 2 is 1.75 bits per heavy atom. The zero-order valence-corrected chi connectivity index (χ0v) is 10.0. The van der Waals surface area contributed by atoms with Crippen molar-refractivity contribution in [2.24, 2.45) is 0 Å². The molecule has 0 aromatic heterocycles. The molecule has 0 amide bonds. The number of ether oxygens (including phenoxy) is 1. The summed E-state index contributed by atoms with van der Waals surface area (Å²) in [5.74, 6) is 0. The molecule has 0 aliphatic carbocycles. The van der Waals surface area contributed by atoms with Gasteiger partial charge < -0.3 is 10.1 Å². The predicted octanol–water partition coefficient (Wildman–Crippen LogP) is -0.245. The third-order valence-electron chi connectivity index (χ3n) is 4.33. The van der Waals surface area contributed by atoms with E-state index in [0.29, 0.717) is 0 Å². The fraction of sp³-hybridized carbons (Fsp3) is 1.00. The Kier molecular flexibility index (Phi) is 3.43. The van der Waals surface area contributed by atoms with Crippen LogP contribution in [0.2, 0.25) is 0 Å². The lowest BCUT2D eigenvalue weighted by molar-refractivity contribution is -0.0134. The van der Waals surface area contributed by atoms with Crippen LogP contribution >= 0.6 is 0 Å². The molecule has 0 aromatic rings. The second-order valence-electron chi connectivity index (χ2n) is 5.22. The van der Waals surface area contributed by atoms with Crippen LogP contribution in [0.4, 0.5) is 0 Å². The van der Waals surface area contributed by atoms with Crippen LogP contribution in [0, 0.1) is 0 Å². The van der Waals surface area contributed by atoms with Gasteiger partial charge in [0.25, 0.3) is 0 Å². The van der Waals surface area contributed by atoms with Crippen LogP contribution in [0.15, 0.2) is 0 Å². The molecule has 2 unspecified atom stereocenters. The molecule has 3 rings (SSSR count). The van der Waals surface area contributed by atoms with Crippen molar-refractivity contribution in [1.82, 2.24) is 15.1 Å². The van der Waals surface area contributed by atoms with Crippen molar-refractivity contribution in [3.05, 3.63) is 0 Å². The highest BCUT2D eigenvalue weighted by atomic mass is 16.5. The van der Waals surface area contributed by atoms with E-state index in [1.807, 2.05) is 0 Å². The normalized spacial score (nSPS) is 38.2. The molecule has 3 aliphatic rings. The number of nitrogens with zero attached hydrogens (tertiary/aromatic N) is 2. The average Bonchev–Trinajstić information content (AvgIpc) is 2.39. The van der Waals surface area contributed by atoms with Crippen LogP contribution in [0.3, 0.4) is 0 Å². The van der Waals surface area contributed by atoms with E-state index in [-0.39, 0.29) is 0 Å². The Bertz CT molecular complexity index is 228. The molecule has 0 bridgehead atoms. The number of morpholine rings is 1. The minimum atomic E-state index is 0.787. The van der Waals surface area contributed by atoms with Crippen LogP contribution in [-0.4, -0.2) is 74.4 Å². The number of fused-ring (bicyclic) bond motifs is 1. The van der Waals surface area contributed by atoms with Gasteiger partial charge in [0.1, 0.15) is 0 Å². The Hall–Kier alpha value is -0.160. The topological polar surface area (TPSA) is 27.7 Å². The Labute approximate surface area is 97.9 Å². The molecule has 0 aromatic carbocycles. The van der Waals surface area contributed by atoms with Gasteiger partial charge in [-0.1, -0.05) is 0 Å². The summed E-state index contributed by atoms with van der Waals surface area (Å²) in [4.78, 5) is 5.32. The molecule has 92 valence electrons. The van der Waals surface area contributed by atoms with Gasteiger partial charge >= 0.3 is 0 Å². The molecule has 0 saturated carbocycles. The minimum Gasteiger partial charge on any atom is -0.379 e. The van der Waals surface area contributed by atoms with Gasteiger partial charge in [-0.05, 0) is 12.8 Å². The van der Waals surface area contributed by atoms with E-state index in [9.17, 15) is 0 Å². The Balaban J connectivity index is 1.57. The first-order chi connectivity index (χ1) is 7.93. The summed E-state index contributed by atoms with van der Waals surface area (Å²) < 4.78 is 5.43. The van der Waals surface area contributed by atoms with Crippen molar-refractivity contribution >= 4 is 0 Å². The smallest absolute Gasteiger partial charge is 0.0594 e. The van der Waals surface area contributed by atoms with Crippen molar-refractivity contribution in [2.75, 3.05) is 52.5 Å². The molecule has 3 heterocycles. The summed E-state index contributed by atoms with van der Waals surface area (Å²) in [6, 6.07) is 1.60. The Morgan fingerprint density at radius 1 is 0.938 bits per heavy atom. The number of nitrogens with one attached hydrogen (secondary N) is 1. The summed E-state index contributed by atoms with van der Waals surface area (Å²) >= 11 is 0. The minimum absolute atomic E-state index is 0.787. The van der Waals surface area contributed by atoms with Crippen LogP contribution in [0.5, 0.6) is 0 Å². The highest BCUT2D eigenvalue weighted by Gasteiger charge is 2.33. The molecule has 2 atom stereocenters. The second-order valence-corrected chi connectivity index (χ2v) is 5.22. The number of hydrogen-bond acceptors (Lipinski definition) is 4. The van der Waals surface area contributed by atoms with Gasteiger partial charge in [0.05, 0.1) is 13.2 Å². The maximum absolute atomic E-state index is 5.43. The van der Waals surface area contributed by atoms with E-state index in [4.69, 9.17) is 4.74 Å². The van der Waals surface area contributed by atoms with Crippen LogP contribution in [0.25, 0.3) is 0 Å². The van der Waals surface area contributed by atoms with E-state index < -0.39 is 0 Å². The number of rotatable bonds is 1. The van der Waals surface area contributed by atoms with Crippen molar-refractivity contribution in [1.29, 1.82) is 0 Å². The van der Waals surface area contributed by atoms with Gasteiger partial charge in [-0.25, -0.2) is 0 Å². The highest BCUT2D eigenvalue weighted by molar-refractivity contribution is 4.90. The second kappa shape index (κ2) is 5.00. The molecular formula is C12H23N3O. The molecule has 0 radical (unpaired) electrons. The molecule has 4 heteroatoms. The van der Waals surface area contributed by atoms with Crippen molar-refractivity contribution in [2.45, 2.75) is 24.9 Å². The SMILES string of the molecule is C1CN2CCC(N3CCOCC3)CC2CN1. The zero-order valence-electron chi connectivity index (χ0n) is 10.0. The summed E-state index contributed by atoms with van der Waals surface area (Å²) in [5.41, 5.74) is 0. The van der Waals surface area contributed by atoms with Crippen molar-refractivity contribution < 1.29 is 4.74 Å². The largest absolute Gasteiger partial charge is 0.379 e. The number of piperidine rings is 1. The maximum atomic E-state index is 5.43. The molecule has 1 N–H and O–H groups in total. The van der Waals surface area contributed by atoms with Crippen LogP contribution in [-0.2, 0) is 4.74 Å². The first-order valence-corrected chi connectivity index (χ1v) is 6.70. The van der Waals surface area contributed by atoms with Gasteiger partial charge in [-0.2, -0.15) is 0 Å². The zero-order chi connectivity index (χ0) is 10.8. The maximum Gasteiger partial charge on any atom is 0.0594 e. The van der Waals surface area contributed by atoms with E-state index >= 15 is 0 Å². The van der Waals surface area contributed by atoms with Crippen molar-refractivity contribution in [3.8, 4) is 0 Å². The quantitative estimate of drug-likeness (QED) is 0.666. The molecule has 0 spiro atoms. The van der Waals surface area contributed by atoms with Gasteiger partial charge in [-0.3, -0.25) is 9.80 Å². The summed E-state index contributed by atoms with van der Waals surface area (Å²) in [7, 11) is 0. The molecule has 3 saturated heterocycles. The summed E-state index contributed by atoms with van der Waals surface area (Å²) in [6.07, 6.45) is 2.71. The van der Waals surface area contributed by atoms with Gasteiger partial charge in [0.15, 0.2) is 0 Å². The van der Waals surface area contributed by atoms with E-state index in [1.54, 1.807) is 0 Å². The summed E-state index contributed by atoms with van der Waals surface area (Å²) in [5, 5.41) is 3.52. The first-order valence-electron chi connectivity index (χ1n) is 6.70. The molecule has 3 aliphatic heterocycles. The van der Waals surface area contributed by atoms with Crippen LogP contribution < -0.4 is 5.32 Å². The number of hydrogen-bond donors (Lipinski definition) is 1. The van der Waals surface area contributed by atoms with Crippen molar-refractivity contribution in [3.63, 3.8) is 0 Å². The monoisotopic (exact) mass is 225 g/mol. The first kappa shape index (κ1) is 11.0. The summed E-state index contributed by atoms with van der Waals surface area (Å²) in [6.45, 7) is 9.08. The lowest BCUT2D eigenvalue weighted by Gasteiger charge is -2.46. The van der Waals surface area contributed by atoms with E-state index in [0.717, 1.165) is 38.4 Å². The predicted molar refractivity (Wildman–Crippen MR) is 63.6 cm³/mol. The average molecular weight is 225 g/mol. The van der Waals surface area contributed by atoms with Crippen LogP contribution in [0.1, 0.15) is 12.8 Å². The fourth-order valence-electron chi connectivity index (χ4n) is 3.35. The lowest BCUT2D eigenvalue weighted by atomic mass is 9.94. The Morgan fingerprint density at radius 3 is 2.62 bits per heavy atom. The standard InChI is InChI=1S/C12H23N3O/c1-3-14-4-2-13-10-12(14)9-11(1)15-5-7-16-8-6-15/h11-13H,1-10H2. The lowest BCUT2D eigenvalue weighted by Crippen LogP contribution is -2.58. The highest BCUT2D eigenvalue weighted by Crippen LogP contribution is 2.23. The molecule has 3 fully saturated rings. The van der Waals surface area contributed by atoms with Gasteiger partial charge in [0, 0.05) is 51.4 Å². The number of piperazine rings is 1. The van der Waals surface area contributed by atoms with Gasteiger partial charge in [-0.15, -0.1) is 0 Å². The molecular weight excluding hydrogens is 202 g/mol. The fourth-order valence-corrected chi connectivity index (χ4v) is 3.35. The molecule has 16 heavy (non-hydrogen) atoms. The van der Waals surface area contributed by atoms with E-state index in [2.05, 4.69) is 15.1 Å². The third-order valence-corrected chi connectivity index (χ3v) is 4.33. The third kappa shape index (κ3) is 2.25. The molecule has 4 nitrogen and oxygen atoms in total. The van der Waals surface area contributed by atoms with E-state index in [1.165, 1.54) is 39.0 Å². The van der Waals surface area contributed by atoms with Gasteiger partial charge in [0.2, 0.25) is 0 Å².